The first kappa shape index (κ1) is 23.2. The average molecular weight is 456 g/mol. The number of amides is 2. The van der Waals surface area contributed by atoms with Crippen LogP contribution >= 0.6 is 11.8 Å². The fourth-order valence-electron chi connectivity index (χ4n) is 2.95. The summed E-state index contributed by atoms with van der Waals surface area (Å²) in [6.07, 6.45) is 0.621. The maximum absolute atomic E-state index is 12.7. The Labute approximate surface area is 190 Å². The van der Waals surface area contributed by atoms with Crippen LogP contribution in [0.15, 0.2) is 57.9 Å². The summed E-state index contributed by atoms with van der Waals surface area (Å²) in [6.45, 7) is 3.70. The number of nitrogens with one attached hydrogen (secondary N) is 2. The minimum Gasteiger partial charge on any atom is -0.493 e. The molecule has 1 heterocycles. The minimum atomic E-state index is -0.330. The lowest BCUT2D eigenvalue weighted by atomic mass is 10.2. The highest BCUT2D eigenvalue weighted by molar-refractivity contribution is 8.00. The van der Waals surface area contributed by atoms with E-state index in [4.69, 9.17) is 14.0 Å². The Morgan fingerprint density at radius 3 is 2.50 bits per heavy atom. The van der Waals surface area contributed by atoms with Gasteiger partial charge in [-0.2, -0.15) is 0 Å². The molecule has 0 saturated heterocycles. The Balaban J connectivity index is 1.67. The molecule has 2 N–H and O–H groups in total. The summed E-state index contributed by atoms with van der Waals surface area (Å²) in [4.78, 5) is 26.2. The Morgan fingerprint density at radius 2 is 1.84 bits per heavy atom. The summed E-state index contributed by atoms with van der Waals surface area (Å²) in [7, 11) is 3.06. The van der Waals surface area contributed by atoms with E-state index < -0.39 is 0 Å². The van der Waals surface area contributed by atoms with Crippen molar-refractivity contribution in [3.05, 3.63) is 59.9 Å². The van der Waals surface area contributed by atoms with E-state index in [2.05, 4.69) is 15.8 Å². The molecule has 3 rings (SSSR count). The predicted molar refractivity (Wildman–Crippen MR) is 124 cm³/mol. The first-order valence-electron chi connectivity index (χ1n) is 9.97. The van der Waals surface area contributed by atoms with Crippen LogP contribution in [0.3, 0.4) is 0 Å². The Morgan fingerprint density at radius 1 is 1.06 bits per heavy atom. The molecule has 0 fully saturated rings. The molecule has 168 valence electrons. The molecule has 2 aromatic carbocycles. The topological polar surface area (TPSA) is 103 Å². The van der Waals surface area contributed by atoms with Crippen molar-refractivity contribution in [3.8, 4) is 11.5 Å². The maximum Gasteiger partial charge on any atom is 0.255 e. The highest BCUT2D eigenvalue weighted by Gasteiger charge is 2.20. The third kappa shape index (κ3) is 5.82. The Hall–Kier alpha value is -3.46. The van der Waals surface area contributed by atoms with Gasteiger partial charge in [-0.15, -0.1) is 11.8 Å². The lowest BCUT2D eigenvalue weighted by Gasteiger charge is -2.14. The zero-order valence-electron chi connectivity index (χ0n) is 18.3. The van der Waals surface area contributed by atoms with E-state index in [1.165, 1.54) is 26.0 Å². The summed E-state index contributed by atoms with van der Waals surface area (Å²) in [5.74, 6) is 1.60. The summed E-state index contributed by atoms with van der Waals surface area (Å²) >= 11 is 1.41. The number of hydrogen-bond acceptors (Lipinski definition) is 7. The van der Waals surface area contributed by atoms with Gasteiger partial charge < -0.3 is 24.6 Å². The molecule has 1 unspecified atom stereocenters. The highest BCUT2D eigenvalue weighted by Crippen LogP contribution is 2.30. The molecule has 0 aliphatic carbocycles. The largest absolute Gasteiger partial charge is 0.493 e. The number of thioether (sulfide) groups is 1. The van der Waals surface area contributed by atoms with Crippen LogP contribution < -0.4 is 20.1 Å². The van der Waals surface area contributed by atoms with Crippen LogP contribution in [0, 0.1) is 6.92 Å². The van der Waals surface area contributed by atoms with E-state index in [-0.39, 0.29) is 17.1 Å². The highest BCUT2D eigenvalue weighted by atomic mass is 32.2. The van der Waals surface area contributed by atoms with Crippen molar-refractivity contribution in [2.24, 2.45) is 0 Å². The molecule has 1 aromatic heterocycles. The van der Waals surface area contributed by atoms with Crippen LogP contribution in [-0.2, 0) is 4.79 Å². The van der Waals surface area contributed by atoms with Crippen LogP contribution in [-0.4, -0.2) is 36.4 Å². The summed E-state index contributed by atoms with van der Waals surface area (Å²) in [5, 5.41) is 9.11. The molecule has 3 aromatic rings. The molecule has 0 bridgehead atoms. The van der Waals surface area contributed by atoms with Crippen molar-refractivity contribution in [3.63, 3.8) is 0 Å². The molecule has 0 radical (unpaired) electrons. The van der Waals surface area contributed by atoms with Crippen molar-refractivity contribution in [1.82, 2.24) is 5.16 Å². The van der Waals surface area contributed by atoms with E-state index >= 15 is 0 Å². The van der Waals surface area contributed by atoms with Gasteiger partial charge in [0.2, 0.25) is 5.91 Å². The number of ether oxygens (including phenoxy) is 2. The summed E-state index contributed by atoms with van der Waals surface area (Å²) in [5.41, 5.74) is 1.06. The fourth-order valence-corrected chi connectivity index (χ4v) is 3.96. The molecule has 0 spiro atoms. The quantitative estimate of drug-likeness (QED) is 0.448. The molecule has 1 atom stereocenters. The van der Waals surface area contributed by atoms with Gasteiger partial charge in [0.1, 0.15) is 5.76 Å². The summed E-state index contributed by atoms with van der Waals surface area (Å²) < 4.78 is 15.5. The molecule has 9 heteroatoms. The number of hydrogen-bond donors (Lipinski definition) is 2. The number of carbonyl (C=O) groups excluding carboxylic acids is 2. The van der Waals surface area contributed by atoms with E-state index in [1.807, 2.05) is 25.1 Å². The van der Waals surface area contributed by atoms with Crippen molar-refractivity contribution >= 4 is 35.1 Å². The molecule has 0 aliphatic rings. The van der Waals surface area contributed by atoms with E-state index in [1.54, 1.807) is 37.3 Å². The third-order valence-corrected chi connectivity index (χ3v) is 5.92. The smallest absolute Gasteiger partial charge is 0.255 e. The molecule has 0 saturated carbocycles. The van der Waals surface area contributed by atoms with E-state index in [9.17, 15) is 9.59 Å². The number of aryl methyl sites for hydroxylation is 1. The molecule has 0 aliphatic heterocycles. The first-order chi connectivity index (χ1) is 15.4. The van der Waals surface area contributed by atoms with Crippen LogP contribution in [0.5, 0.6) is 11.5 Å². The number of rotatable bonds is 9. The van der Waals surface area contributed by atoms with Crippen molar-refractivity contribution in [2.75, 3.05) is 24.9 Å². The minimum absolute atomic E-state index is 0.162. The van der Waals surface area contributed by atoms with Gasteiger partial charge >= 0.3 is 0 Å². The van der Waals surface area contributed by atoms with Gasteiger partial charge in [-0.3, -0.25) is 9.59 Å². The monoisotopic (exact) mass is 455 g/mol. The van der Waals surface area contributed by atoms with Gasteiger partial charge in [-0.25, -0.2) is 0 Å². The zero-order chi connectivity index (χ0) is 23.1. The fraction of sp³-hybridized carbons (Fsp3) is 0.261. The standard InChI is InChI=1S/C23H25N3O5S/c1-5-20(23(28)25-21-11-14(2)31-26-21)32-17-8-6-7-16(13-17)24-22(27)15-9-10-18(29-3)19(12-15)30-4/h6-13,20H,5H2,1-4H3,(H,24,27)(H,25,26,28). The normalized spacial score (nSPS) is 11.5. The third-order valence-electron chi connectivity index (χ3n) is 4.56. The van der Waals surface area contributed by atoms with Crippen LogP contribution in [0.4, 0.5) is 11.5 Å². The second-order valence-electron chi connectivity index (χ2n) is 6.88. The number of benzene rings is 2. The number of aromatic nitrogens is 1. The molecule has 2 amide bonds. The van der Waals surface area contributed by atoms with Crippen molar-refractivity contribution in [1.29, 1.82) is 0 Å². The van der Waals surface area contributed by atoms with E-state index in [0.29, 0.717) is 40.7 Å². The zero-order valence-corrected chi connectivity index (χ0v) is 19.1. The van der Waals surface area contributed by atoms with Gasteiger partial charge in [0.15, 0.2) is 17.3 Å². The number of methoxy groups -OCH3 is 2. The second kappa shape index (κ2) is 10.7. The molecule has 32 heavy (non-hydrogen) atoms. The maximum atomic E-state index is 12.7. The lowest BCUT2D eigenvalue weighted by molar-refractivity contribution is -0.115. The van der Waals surface area contributed by atoms with Crippen molar-refractivity contribution in [2.45, 2.75) is 30.4 Å². The number of nitrogens with zero attached hydrogens (tertiary/aromatic N) is 1. The first-order valence-corrected chi connectivity index (χ1v) is 10.9. The SMILES string of the molecule is CCC(Sc1cccc(NC(=O)c2ccc(OC)c(OC)c2)c1)C(=O)Nc1cc(C)on1. The van der Waals surface area contributed by atoms with Crippen LogP contribution in [0.2, 0.25) is 0 Å². The van der Waals surface area contributed by atoms with Gasteiger partial charge in [-0.1, -0.05) is 18.1 Å². The predicted octanol–water partition coefficient (Wildman–Crippen LogP) is 4.76. The molecular formula is C23H25N3O5S. The number of anilines is 2. The van der Waals surface area contributed by atoms with Crippen LogP contribution in [0.25, 0.3) is 0 Å². The van der Waals surface area contributed by atoms with E-state index in [0.717, 1.165) is 4.90 Å². The number of carbonyl (C=O) groups is 2. The second-order valence-corrected chi connectivity index (χ2v) is 8.15. The lowest BCUT2D eigenvalue weighted by Crippen LogP contribution is -2.24. The van der Waals surface area contributed by atoms with Crippen molar-refractivity contribution < 1.29 is 23.6 Å². The van der Waals surface area contributed by atoms with Crippen LogP contribution in [0.1, 0.15) is 29.5 Å². The molecule has 8 nitrogen and oxygen atoms in total. The van der Waals surface area contributed by atoms with Gasteiger partial charge in [0, 0.05) is 22.2 Å². The Bertz CT molecular complexity index is 1100. The van der Waals surface area contributed by atoms with Gasteiger partial charge in [0.25, 0.3) is 5.91 Å². The Kier molecular flexibility index (Phi) is 7.77. The summed E-state index contributed by atoms with van der Waals surface area (Å²) in [6, 6.07) is 14.0. The molecular weight excluding hydrogens is 430 g/mol. The van der Waals surface area contributed by atoms with Gasteiger partial charge in [-0.05, 0) is 49.7 Å². The van der Waals surface area contributed by atoms with Gasteiger partial charge in [0.05, 0.1) is 19.5 Å². The average Bonchev–Trinajstić information content (AvgIpc) is 3.21.